The lowest BCUT2D eigenvalue weighted by Crippen LogP contribution is -2.17. The Labute approximate surface area is 192 Å². The summed E-state index contributed by atoms with van der Waals surface area (Å²) in [7, 11) is 1.25. The summed E-state index contributed by atoms with van der Waals surface area (Å²) in [5.41, 5.74) is 1.61. The number of esters is 1. The third kappa shape index (κ3) is 9.72. The molecule has 5 nitrogen and oxygen atoms in total. The summed E-state index contributed by atoms with van der Waals surface area (Å²) in [5.74, 6) is -1.04. The smallest absolute Gasteiger partial charge is 0.343 e. The van der Waals surface area contributed by atoms with Crippen molar-refractivity contribution < 1.29 is 19.1 Å². The van der Waals surface area contributed by atoms with E-state index in [4.69, 9.17) is 0 Å². The van der Waals surface area contributed by atoms with Crippen molar-refractivity contribution >= 4 is 47.6 Å². The lowest BCUT2D eigenvalue weighted by atomic mass is 10.1. The molecule has 0 atom stereocenters. The fourth-order valence-electron chi connectivity index (χ4n) is 2.20. The van der Waals surface area contributed by atoms with Crippen molar-refractivity contribution in [1.82, 2.24) is 5.32 Å². The van der Waals surface area contributed by atoms with Crippen LogP contribution >= 0.6 is 23.5 Å². The average Bonchev–Trinajstić information content (AvgIpc) is 2.83. The molecule has 2 rings (SSSR count). The summed E-state index contributed by atoms with van der Waals surface area (Å²) >= 11 is 3.33. The molecular weight excluding hydrogens is 430 g/mol. The van der Waals surface area contributed by atoms with Crippen molar-refractivity contribution in [3.63, 3.8) is 0 Å². The van der Waals surface area contributed by atoms with E-state index in [9.17, 15) is 14.4 Å². The number of benzene rings is 2. The Balaban J connectivity index is 0.000000399. The van der Waals surface area contributed by atoms with Gasteiger partial charge in [0.1, 0.15) is 11.9 Å². The average molecular weight is 458 g/mol. The molecule has 0 saturated carbocycles. The van der Waals surface area contributed by atoms with Crippen molar-refractivity contribution in [3.05, 3.63) is 77.5 Å². The molecule has 31 heavy (non-hydrogen) atoms. The van der Waals surface area contributed by atoms with Crippen LogP contribution in [0.4, 0.5) is 0 Å². The van der Waals surface area contributed by atoms with E-state index in [2.05, 4.69) is 10.1 Å². The lowest BCUT2D eigenvalue weighted by molar-refractivity contribution is -0.137. The summed E-state index contributed by atoms with van der Waals surface area (Å²) in [6.07, 6.45) is 9.29. The molecule has 0 radical (unpaired) electrons. The van der Waals surface area contributed by atoms with Gasteiger partial charge < -0.3 is 10.1 Å². The highest BCUT2D eigenvalue weighted by Gasteiger charge is 2.16. The van der Waals surface area contributed by atoms with Gasteiger partial charge in [-0.05, 0) is 55.3 Å². The minimum atomic E-state index is -0.650. The Bertz CT molecular complexity index is 904. The Hall–Kier alpha value is -2.77. The molecule has 2 aromatic rings. The quantitative estimate of drug-likeness (QED) is 0.144. The molecule has 164 valence electrons. The molecule has 1 N–H and O–H groups in total. The number of rotatable bonds is 9. The monoisotopic (exact) mass is 457 g/mol. The summed E-state index contributed by atoms with van der Waals surface area (Å²) < 4.78 is 4.61. The topological polar surface area (TPSA) is 72.5 Å². The van der Waals surface area contributed by atoms with E-state index in [0.29, 0.717) is 6.54 Å². The van der Waals surface area contributed by atoms with Crippen molar-refractivity contribution in [2.24, 2.45) is 0 Å². The number of nitrogens with one attached hydrogen (secondary N) is 1. The zero-order chi connectivity index (χ0) is 23.1. The predicted molar refractivity (Wildman–Crippen MR) is 130 cm³/mol. The van der Waals surface area contributed by atoms with Gasteiger partial charge in [-0.3, -0.25) is 9.59 Å². The first-order valence-electron chi connectivity index (χ1n) is 9.46. The molecule has 0 heterocycles. The minimum Gasteiger partial charge on any atom is -0.465 e. The molecule has 0 fully saturated rings. The van der Waals surface area contributed by atoms with Gasteiger partial charge in [0.15, 0.2) is 5.78 Å². The van der Waals surface area contributed by atoms with Crippen LogP contribution < -0.4 is 5.32 Å². The van der Waals surface area contributed by atoms with Gasteiger partial charge in [-0.2, -0.15) is 0 Å². The van der Waals surface area contributed by atoms with Gasteiger partial charge in [0.2, 0.25) is 0 Å². The maximum atomic E-state index is 12.0. The standard InChI is InChI=1S/C16H19NO3S.C8H8OS/c1-4-17-11-14(16(19)20-2)15(18)10-7-12-5-8-13(21-3)9-6-12;1-10-8-4-2-7(6-9)3-5-8/h5-11,17H,4H2,1-3H3;2-6H,1H3. The summed E-state index contributed by atoms with van der Waals surface area (Å²) in [4.78, 5) is 36.2. The van der Waals surface area contributed by atoms with Crippen LogP contribution in [0.5, 0.6) is 0 Å². The minimum absolute atomic E-state index is 0.0173. The number of aldehydes is 1. The van der Waals surface area contributed by atoms with Crippen LogP contribution in [-0.4, -0.2) is 44.2 Å². The zero-order valence-corrected chi connectivity index (χ0v) is 19.7. The van der Waals surface area contributed by atoms with Crippen molar-refractivity contribution in [1.29, 1.82) is 0 Å². The van der Waals surface area contributed by atoms with E-state index >= 15 is 0 Å². The first-order chi connectivity index (χ1) is 15.0. The summed E-state index contributed by atoms with van der Waals surface area (Å²) in [6, 6.07) is 15.3. The molecule has 0 bridgehead atoms. The van der Waals surface area contributed by atoms with Gasteiger partial charge in [-0.1, -0.05) is 30.3 Å². The van der Waals surface area contributed by atoms with E-state index < -0.39 is 11.8 Å². The number of ether oxygens (including phenoxy) is 1. The fourth-order valence-corrected chi connectivity index (χ4v) is 3.02. The van der Waals surface area contributed by atoms with E-state index in [1.54, 1.807) is 29.6 Å². The maximum absolute atomic E-state index is 12.0. The molecule has 0 unspecified atom stereocenters. The molecule has 0 aliphatic rings. The number of carbonyl (C=O) groups excluding carboxylic acids is 3. The predicted octanol–water partition coefficient (Wildman–Crippen LogP) is 4.88. The number of ketones is 1. The Morgan fingerprint density at radius 3 is 1.87 bits per heavy atom. The van der Waals surface area contributed by atoms with Crippen LogP contribution in [0.2, 0.25) is 0 Å². The molecule has 0 amide bonds. The largest absolute Gasteiger partial charge is 0.465 e. The maximum Gasteiger partial charge on any atom is 0.343 e. The Morgan fingerprint density at radius 2 is 1.45 bits per heavy atom. The van der Waals surface area contributed by atoms with E-state index in [-0.39, 0.29) is 5.57 Å². The summed E-state index contributed by atoms with van der Waals surface area (Å²) in [6.45, 7) is 2.49. The van der Waals surface area contributed by atoms with E-state index in [0.717, 1.165) is 22.3 Å². The third-order valence-corrected chi connectivity index (χ3v) is 5.40. The Kier molecular flexibility index (Phi) is 12.8. The number of hydrogen-bond acceptors (Lipinski definition) is 7. The first kappa shape index (κ1) is 26.3. The highest BCUT2D eigenvalue weighted by atomic mass is 32.2. The molecular formula is C24H27NO4S2. The second kappa shape index (κ2) is 15.1. The molecule has 0 aliphatic heterocycles. The van der Waals surface area contributed by atoms with Crippen LogP contribution in [0.1, 0.15) is 22.8 Å². The van der Waals surface area contributed by atoms with Gasteiger partial charge in [0.25, 0.3) is 0 Å². The third-order valence-electron chi connectivity index (χ3n) is 3.92. The number of methoxy groups -OCH3 is 1. The van der Waals surface area contributed by atoms with Gasteiger partial charge >= 0.3 is 5.97 Å². The second-order valence-electron chi connectivity index (χ2n) is 5.97. The molecule has 0 spiro atoms. The van der Waals surface area contributed by atoms with Crippen LogP contribution in [0.15, 0.2) is 76.2 Å². The van der Waals surface area contributed by atoms with Crippen molar-refractivity contribution in [2.75, 3.05) is 26.2 Å². The van der Waals surface area contributed by atoms with Crippen molar-refractivity contribution in [3.8, 4) is 0 Å². The number of thioether (sulfide) groups is 2. The molecule has 0 aromatic heterocycles. The zero-order valence-electron chi connectivity index (χ0n) is 18.1. The second-order valence-corrected chi connectivity index (χ2v) is 7.73. The molecule has 0 saturated heterocycles. The van der Waals surface area contributed by atoms with Crippen molar-refractivity contribution in [2.45, 2.75) is 16.7 Å². The highest BCUT2D eigenvalue weighted by molar-refractivity contribution is 7.98. The number of hydrogen-bond donors (Lipinski definition) is 1. The number of allylic oxidation sites excluding steroid dienone is 1. The summed E-state index contributed by atoms with van der Waals surface area (Å²) in [5, 5.41) is 2.84. The van der Waals surface area contributed by atoms with Crippen LogP contribution in [0, 0.1) is 0 Å². The fraction of sp³-hybridized carbons (Fsp3) is 0.208. The van der Waals surface area contributed by atoms with Gasteiger partial charge in [0, 0.05) is 28.1 Å². The molecule has 2 aromatic carbocycles. The molecule has 0 aliphatic carbocycles. The Morgan fingerprint density at radius 1 is 0.935 bits per heavy atom. The van der Waals surface area contributed by atoms with Gasteiger partial charge in [-0.25, -0.2) is 4.79 Å². The van der Waals surface area contributed by atoms with Gasteiger partial charge in [0.05, 0.1) is 7.11 Å². The first-order valence-corrected chi connectivity index (χ1v) is 11.9. The van der Waals surface area contributed by atoms with Crippen LogP contribution in [0.3, 0.4) is 0 Å². The van der Waals surface area contributed by atoms with E-state index in [1.165, 1.54) is 24.3 Å². The lowest BCUT2D eigenvalue weighted by Gasteiger charge is -2.02. The van der Waals surface area contributed by atoms with Gasteiger partial charge in [-0.15, -0.1) is 23.5 Å². The van der Waals surface area contributed by atoms with Crippen LogP contribution in [0.25, 0.3) is 6.08 Å². The highest BCUT2D eigenvalue weighted by Crippen LogP contribution is 2.16. The normalized spacial score (nSPS) is 10.8. The molecule has 7 heteroatoms. The SMILES string of the molecule is CCNC=C(C(=O)C=Cc1ccc(SC)cc1)C(=O)OC.CSc1ccc(C=O)cc1. The van der Waals surface area contributed by atoms with Crippen LogP contribution in [-0.2, 0) is 14.3 Å². The van der Waals surface area contributed by atoms with E-state index in [1.807, 2.05) is 68.0 Å². The number of carbonyl (C=O) groups is 3.